The van der Waals surface area contributed by atoms with Gasteiger partial charge in [-0.15, -0.1) is 0 Å². The van der Waals surface area contributed by atoms with Crippen LogP contribution in [0.1, 0.15) is 65.7 Å². The highest BCUT2D eigenvalue weighted by Gasteiger charge is 2.75. The fourth-order valence-corrected chi connectivity index (χ4v) is 9.72. The molecule has 1 heterocycles. The van der Waals surface area contributed by atoms with Crippen molar-refractivity contribution in [3.05, 3.63) is 0 Å². The van der Waals surface area contributed by atoms with Crippen LogP contribution in [0, 0.1) is 28.6 Å². The number of hydrogen-bond donors (Lipinski definition) is 9. The zero-order valence-electron chi connectivity index (χ0n) is 22.4. The van der Waals surface area contributed by atoms with E-state index in [1.807, 2.05) is 6.92 Å². The molecule has 1 saturated heterocycles. The molecule has 11 nitrogen and oxygen atoms in total. The lowest BCUT2D eigenvalue weighted by molar-refractivity contribution is -0.343. The van der Waals surface area contributed by atoms with Crippen LogP contribution in [0.5, 0.6) is 0 Å². The summed E-state index contributed by atoms with van der Waals surface area (Å²) in [5.74, 6) is -1.50. The van der Waals surface area contributed by atoms with Gasteiger partial charge in [0.2, 0.25) is 0 Å². The normalized spacial score (nSPS) is 59.5. The summed E-state index contributed by atoms with van der Waals surface area (Å²) in [6, 6.07) is 0. The van der Waals surface area contributed by atoms with Gasteiger partial charge in [-0.2, -0.15) is 0 Å². The Morgan fingerprint density at radius 2 is 1.66 bits per heavy atom. The molecule has 11 heteroatoms. The highest BCUT2D eigenvalue weighted by molar-refractivity contribution is 5.24. The Balaban J connectivity index is 1.43. The van der Waals surface area contributed by atoms with Crippen LogP contribution >= 0.6 is 0 Å². The van der Waals surface area contributed by atoms with Crippen LogP contribution in [0.4, 0.5) is 0 Å². The molecule has 1 aliphatic heterocycles. The maximum Gasteiger partial charge on any atom is 0.186 e. The first-order valence-corrected chi connectivity index (χ1v) is 14.1. The second kappa shape index (κ2) is 9.55. The van der Waals surface area contributed by atoms with E-state index in [0.717, 1.165) is 0 Å². The molecule has 5 rings (SSSR count). The van der Waals surface area contributed by atoms with E-state index in [0.29, 0.717) is 19.3 Å². The maximum absolute atomic E-state index is 12.2. The Morgan fingerprint density at radius 1 is 0.974 bits per heavy atom. The summed E-state index contributed by atoms with van der Waals surface area (Å²) in [4.78, 5) is 0. The van der Waals surface area contributed by atoms with Gasteiger partial charge in [0.1, 0.15) is 18.3 Å². The highest BCUT2D eigenvalue weighted by atomic mass is 16.7. The molecule has 5 aliphatic rings. The molecule has 0 bridgehead atoms. The molecule has 220 valence electrons. The molecule has 16 atom stereocenters. The average Bonchev–Trinajstić information content (AvgIpc) is 3.11. The minimum atomic E-state index is -1.65. The molecular weight excluding hydrogens is 500 g/mol. The second-order valence-corrected chi connectivity index (χ2v) is 13.3. The summed E-state index contributed by atoms with van der Waals surface area (Å²) in [5.41, 5.74) is -5.16. The van der Waals surface area contributed by atoms with Crippen molar-refractivity contribution < 1.29 is 55.4 Å². The van der Waals surface area contributed by atoms with E-state index < -0.39 is 95.6 Å². The molecule has 4 aliphatic carbocycles. The fourth-order valence-electron chi connectivity index (χ4n) is 9.72. The molecule has 0 unspecified atom stereocenters. The van der Waals surface area contributed by atoms with E-state index in [4.69, 9.17) is 9.47 Å². The number of fused-ring (bicyclic) bond motifs is 5. The van der Waals surface area contributed by atoms with Gasteiger partial charge in [0.25, 0.3) is 0 Å². The SMILES string of the molecule is C[C@@H]1O[C@@H](O[C@H]2C[C@@H](O)[C@]3(CO)[C@H]4[C@H](O)C[C@]5(C)[C@@H]([C@@H](C)O)CC[C@]5(O)[C@@H]4CC[C@]3(O)C2)[C@H](O)[C@H](O)[C@H]1O. The third kappa shape index (κ3) is 3.74. The number of rotatable bonds is 4. The Morgan fingerprint density at radius 3 is 2.29 bits per heavy atom. The lowest BCUT2D eigenvalue weighted by Crippen LogP contribution is -2.76. The van der Waals surface area contributed by atoms with Crippen LogP contribution in [0.3, 0.4) is 0 Å². The third-order valence-corrected chi connectivity index (χ3v) is 11.7. The number of hydrogen-bond acceptors (Lipinski definition) is 11. The van der Waals surface area contributed by atoms with Crippen LogP contribution in [0.2, 0.25) is 0 Å². The van der Waals surface area contributed by atoms with Crippen molar-refractivity contribution in [2.24, 2.45) is 28.6 Å². The summed E-state index contributed by atoms with van der Waals surface area (Å²) in [5, 5.41) is 99.2. The first-order chi connectivity index (χ1) is 17.7. The topological polar surface area (TPSA) is 201 Å². The summed E-state index contributed by atoms with van der Waals surface area (Å²) < 4.78 is 11.5. The number of aliphatic hydroxyl groups is 9. The summed E-state index contributed by atoms with van der Waals surface area (Å²) >= 11 is 0. The van der Waals surface area contributed by atoms with Crippen molar-refractivity contribution in [1.29, 1.82) is 0 Å². The van der Waals surface area contributed by atoms with Crippen molar-refractivity contribution >= 4 is 0 Å². The van der Waals surface area contributed by atoms with Gasteiger partial charge in [-0.1, -0.05) is 6.92 Å². The van der Waals surface area contributed by atoms with Crippen molar-refractivity contribution in [2.45, 2.75) is 132 Å². The monoisotopic (exact) mass is 546 g/mol. The van der Waals surface area contributed by atoms with Gasteiger partial charge in [-0.25, -0.2) is 0 Å². The predicted molar refractivity (Wildman–Crippen MR) is 131 cm³/mol. The summed E-state index contributed by atoms with van der Waals surface area (Å²) in [6.45, 7) is 4.54. The standard InChI is InChI=1S/C27H46O11/c1-12(29)15-5-7-27(36)16-4-6-25(35)9-14(38-23-22(34)21(33)20(32)13(2)37-23)8-18(31)26(25,11-28)19(16)17(30)10-24(15,27)3/h12-23,28-36H,4-11H2,1-3H3/t12-,13+,14+,15-,16-,17-,18-,19-,20+,21-,22-,23+,24-,25+,26-,27+/m1/s1. The van der Waals surface area contributed by atoms with Crippen molar-refractivity contribution in [3.63, 3.8) is 0 Å². The predicted octanol–water partition coefficient (Wildman–Crippen LogP) is -1.62. The van der Waals surface area contributed by atoms with Crippen molar-refractivity contribution in [2.75, 3.05) is 6.61 Å². The molecule has 0 radical (unpaired) electrons. The smallest absolute Gasteiger partial charge is 0.186 e. The van der Waals surface area contributed by atoms with Gasteiger partial charge in [-0.05, 0) is 57.8 Å². The molecule has 0 spiro atoms. The highest BCUT2D eigenvalue weighted by Crippen LogP contribution is 2.70. The quantitative estimate of drug-likeness (QED) is 0.184. The van der Waals surface area contributed by atoms with Crippen molar-refractivity contribution in [3.8, 4) is 0 Å². The van der Waals surface area contributed by atoms with E-state index in [2.05, 4.69) is 0 Å². The van der Waals surface area contributed by atoms with Gasteiger partial charge in [0.15, 0.2) is 6.29 Å². The second-order valence-electron chi connectivity index (χ2n) is 13.3. The molecule has 0 aromatic carbocycles. The molecule has 0 amide bonds. The molecular formula is C27H46O11. The van der Waals surface area contributed by atoms with Crippen LogP contribution in [-0.4, -0.2) is 119 Å². The van der Waals surface area contributed by atoms with Gasteiger partial charge < -0.3 is 55.4 Å². The van der Waals surface area contributed by atoms with Crippen LogP contribution < -0.4 is 0 Å². The lowest BCUT2D eigenvalue weighted by Gasteiger charge is -2.68. The van der Waals surface area contributed by atoms with E-state index in [-0.39, 0.29) is 31.6 Å². The molecule has 38 heavy (non-hydrogen) atoms. The van der Waals surface area contributed by atoms with Crippen molar-refractivity contribution in [1.82, 2.24) is 0 Å². The number of ether oxygens (including phenoxy) is 2. The Bertz CT molecular complexity index is 889. The zero-order chi connectivity index (χ0) is 28.0. The summed E-state index contributed by atoms with van der Waals surface area (Å²) in [7, 11) is 0. The number of aliphatic hydroxyl groups excluding tert-OH is 7. The van der Waals surface area contributed by atoms with Crippen LogP contribution in [-0.2, 0) is 9.47 Å². The van der Waals surface area contributed by atoms with Crippen LogP contribution in [0.15, 0.2) is 0 Å². The van der Waals surface area contributed by atoms with Gasteiger partial charge in [-0.3, -0.25) is 0 Å². The van der Waals surface area contributed by atoms with Gasteiger partial charge in [0.05, 0.1) is 53.7 Å². The fraction of sp³-hybridized carbons (Fsp3) is 1.00. The molecule has 0 aromatic rings. The Kier molecular flexibility index (Phi) is 7.31. The van der Waals surface area contributed by atoms with Gasteiger partial charge in [0, 0.05) is 24.2 Å². The van der Waals surface area contributed by atoms with E-state index >= 15 is 0 Å². The first-order valence-electron chi connectivity index (χ1n) is 14.1. The minimum Gasteiger partial charge on any atom is -0.396 e. The third-order valence-electron chi connectivity index (χ3n) is 11.7. The van der Waals surface area contributed by atoms with Gasteiger partial charge >= 0.3 is 0 Å². The minimum absolute atomic E-state index is 0.0217. The lowest BCUT2D eigenvalue weighted by atomic mass is 9.40. The zero-order valence-corrected chi connectivity index (χ0v) is 22.4. The van der Waals surface area contributed by atoms with E-state index in [1.165, 1.54) is 6.92 Å². The molecule has 0 aromatic heterocycles. The van der Waals surface area contributed by atoms with E-state index in [1.54, 1.807) is 6.92 Å². The summed E-state index contributed by atoms with van der Waals surface area (Å²) in [6.07, 6.45) is -8.61. The Hall–Kier alpha value is -0.440. The molecule has 5 fully saturated rings. The van der Waals surface area contributed by atoms with E-state index in [9.17, 15) is 46.0 Å². The maximum atomic E-state index is 12.2. The molecule has 9 N–H and O–H groups in total. The average molecular weight is 547 g/mol. The van der Waals surface area contributed by atoms with Crippen LogP contribution in [0.25, 0.3) is 0 Å². The first kappa shape index (κ1) is 29.1. The Labute approximate surface area is 223 Å². The molecule has 4 saturated carbocycles. The largest absolute Gasteiger partial charge is 0.396 e.